The Morgan fingerprint density at radius 3 is 2.46 bits per heavy atom. The molecular formula is C21H16N2O3. The zero-order chi connectivity index (χ0) is 18.3. The van der Waals surface area contributed by atoms with Crippen LogP contribution in [0.15, 0.2) is 65.1 Å². The molecule has 0 bridgehead atoms. The smallest absolute Gasteiger partial charge is 0.291 e. The van der Waals surface area contributed by atoms with Crippen LogP contribution >= 0.6 is 0 Å². The second-order valence-corrected chi connectivity index (χ2v) is 6.08. The number of anilines is 1. The van der Waals surface area contributed by atoms with Gasteiger partial charge in [-0.3, -0.25) is 9.59 Å². The Hall–Kier alpha value is -3.60. The molecule has 0 aliphatic carbocycles. The Kier molecular flexibility index (Phi) is 3.69. The molecule has 4 aromatic rings. The molecule has 0 fully saturated rings. The Morgan fingerprint density at radius 2 is 1.65 bits per heavy atom. The Bertz CT molecular complexity index is 1170. The Labute approximate surface area is 149 Å². The monoisotopic (exact) mass is 344 g/mol. The van der Waals surface area contributed by atoms with Crippen LogP contribution in [-0.4, -0.2) is 11.8 Å². The number of benzene rings is 3. The summed E-state index contributed by atoms with van der Waals surface area (Å²) in [5.41, 5.74) is 7.40. The van der Waals surface area contributed by atoms with Crippen molar-refractivity contribution >= 4 is 39.2 Å². The molecule has 0 saturated carbocycles. The maximum atomic E-state index is 12.8. The van der Waals surface area contributed by atoms with Gasteiger partial charge in [0.15, 0.2) is 5.76 Å². The molecule has 0 radical (unpaired) electrons. The largest absolute Gasteiger partial charge is 0.450 e. The molecular weight excluding hydrogens is 328 g/mol. The summed E-state index contributed by atoms with van der Waals surface area (Å²) in [7, 11) is 0. The SMILES string of the molecule is Cc1c(C(=O)Nc2ccccc2C(N)=O)oc2c1ccc1ccccc12. The van der Waals surface area contributed by atoms with Crippen LogP contribution in [0.2, 0.25) is 0 Å². The van der Waals surface area contributed by atoms with Gasteiger partial charge in [0, 0.05) is 16.3 Å². The highest BCUT2D eigenvalue weighted by molar-refractivity contribution is 6.13. The third kappa shape index (κ3) is 2.50. The summed E-state index contributed by atoms with van der Waals surface area (Å²) in [5, 5.41) is 5.60. The van der Waals surface area contributed by atoms with Crippen LogP contribution in [0, 0.1) is 6.92 Å². The number of para-hydroxylation sites is 1. The first-order valence-electron chi connectivity index (χ1n) is 8.17. The number of aryl methyl sites for hydroxylation is 1. The lowest BCUT2D eigenvalue weighted by atomic mass is 10.1. The van der Waals surface area contributed by atoms with E-state index >= 15 is 0 Å². The van der Waals surface area contributed by atoms with E-state index in [-0.39, 0.29) is 11.3 Å². The van der Waals surface area contributed by atoms with Crippen LogP contribution in [0.5, 0.6) is 0 Å². The number of primary amides is 1. The minimum atomic E-state index is -0.603. The summed E-state index contributed by atoms with van der Waals surface area (Å²) in [6, 6.07) is 18.4. The van der Waals surface area contributed by atoms with Crippen LogP contribution in [0.1, 0.15) is 26.5 Å². The molecule has 128 valence electrons. The number of nitrogens with one attached hydrogen (secondary N) is 1. The van der Waals surface area contributed by atoms with Crippen molar-refractivity contribution in [2.24, 2.45) is 5.73 Å². The predicted molar refractivity (Wildman–Crippen MR) is 101 cm³/mol. The Balaban J connectivity index is 1.80. The van der Waals surface area contributed by atoms with E-state index in [0.29, 0.717) is 11.3 Å². The molecule has 0 spiro atoms. The van der Waals surface area contributed by atoms with E-state index in [2.05, 4.69) is 5.32 Å². The number of hydrogen-bond donors (Lipinski definition) is 2. The number of amides is 2. The summed E-state index contributed by atoms with van der Waals surface area (Å²) in [4.78, 5) is 24.3. The van der Waals surface area contributed by atoms with E-state index < -0.39 is 11.8 Å². The fourth-order valence-electron chi connectivity index (χ4n) is 3.15. The van der Waals surface area contributed by atoms with Gasteiger partial charge in [-0.15, -0.1) is 0 Å². The lowest BCUT2D eigenvalue weighted by molar-refractivity contribution is 0.0998. The highest BCUT2D eigenvalue weighted by Gasteiger charge is 2.20. The molecule has 4 rings (SSSR count). The second kappa shape index (κ2) is 6.04. The number of nitrogens with two attached hydrogens (primary N) is 1. The maximum Gasteiger partial charge on any atom is 0.291 e. The van der Waals surface area contributed by atoms with Crippen molar-refractivity contribution in [1.29, 1.82) is 0 Å². The molecule has 3 N–H and O–H groups in total. The van der Waals surface area contributed by atoms with Crippen LogP contribution in [0.25, 0.3) is 21.7 Å². The molecule has 1 heterocycles. The quantitative estimate of drug-likeness (QED) is 0.583. The fourth-order valence-corrected chi connectivity index (χ4v) is 3.15. The molecule has 3 aromatic carbocycles. The van der Waals surface area contributed by atoms with Gasteiger partial charge in [0.05, 0.1) is 11.3 Å². The van der Waals surface area contributed by atoms with Gasteiger partial charge in [-0.05, 0) is 24.4 Å². The standard InChI is InChI=1S/C21H16N2O3/c1-12-14-11-10-13-6-2-3-7-15(13)19(14)26-18(12)21(25)23-17-9-5-4-8-16(17)20(22)24/h2-11H,1H3,(H2,22,24)(H,23,25). The van der Waals surface area contributed by atoms with Gasteiger partial charge in [0.2, 0.25) is 0 Å². The first-order chi connectivity index (χ1) is 12.6. The van der Waals surface area contributed by atoms with Crippen molar-refractivity contribution in [1.82, 2.24) is 0 Å². The molecule has 0 aliphatic heterocycles. The number of carbonyl (C=O) groups is 2. The van der Waals surface area contributed by atoms with Gasteiger partial charge in [0.1, 0.15) is 5.58 Å². The van der Waals surface area contributed by atoms with E-state index in [1.807, 2.05) is 43.3 Å². The van der Waals surface area contributed by atoms with Crippen LogP contribution in [0.4, 0.5) is 5.69 Å². The number of rotatable bonds is 3. The van der Waals surface area contributed by atoms with Gasteiger partial charge >= 0.3 is 0 Å². The normalized spacial score (nSPS) is 11.0. The molecule has 5 heteroatoms. The second-order valence-electron chi connectivity index (χ2n) is 6.08. The van der Waals surface area contributed by atoms with E-state index in [9.17, 15) is 9.59 Å². The van der Waals surface area contributed by atoms with Crippen molar-refractivity contribution in [2.45, 2.75) is 6.92 Å². The molecule has 26 heavy (non-hydrogen) atoms. The first kappa shape index (κ1) is 15.9. The number of fused-ring (bicyclic) bond motifs is 3. The summed E-state index contributed by atoms with van der Waals surface area (Å²) < 4.78 is 5.92. The number of hydrogen-bond acceptors (Lipinski definition) is 3. The maximum absolute atomic E-state index is 12.8. The zero-order valence-corrected chi connectivity index (χ0v) is 14.1. The molecule has 0 atom stereocenters. The molecule has 5 nitrogen and oxygen atoms in total. The molecule has 0 aliphatic rings. The summed E-state index contributed by atoms with van der Waals surface area (Å²) >= 11 is 0. The predicted octanol–water partition coefficient (Wildman–Crippen LogP) is 4.25. The van der Waals surface area contributed by atoms with Crippen LogP contribution in [0.3, 0.4) is 0 Å². The molecule has 1 aromatic heterocycles. The zero-order valence-electron chi connectivity index (χ0n) is 14.1. The van der Waals surface area contributed by atoms with Crippen LogP contribution < -0.4 is 11.1 Å². The van der Waals surface area contributed by atoms with Gasteiger partial charge in [-0.25, -0.2) is 0 Å². The van der Waals surface area contributed by atoms with Crippen molar-refractivity contribution in [3.05, 3.63) is 77.6 Å². The van der Waals surface area contributed by atoms with Gasteiger partial charge < -0.3 is 15.5 Å². The summed E-state index contributed by atoms with van der Waals surface area (Å²) in [6.45, 7) is 1.84. The highest BCUT2D eigenvalue weighted by Crippen LogP contribution is 2.32. The minimum absolute atomic E-state index is 0.218. The topological polar surface area (TPSA) is 85.3 Å². The number of carbonyl (C=O) groups excluding carboxylic acids is 2. The molecule has 0 saturated heterocycles. The summed E-state index contributed by atoms with van der Waals surface area (Å²) in [5.74, 6) is -0.805. The minimum Gasteiger partial charge on any atom is -0.450 e. The lowest BCUT2D eigenvalue weighted by Crippen LogP contribution is -2.18. The van der Waals surface area contributed by atoms with Crippen molar-refractivity contribution < 1.29 is 14.0 Å². The van der Waals surface area contributed by atoms with Crippen molar-refractivity contribution in [3.63, 3.8) is 0 Å². The highest BCUT2D eigenvalue weighted by atomic mass is 16.3. The van der Waals surface area contributed by atoms with Crippen LogP contribution in [-0.2, 0) is 0 Å². The van der Waals surface area contributed by atoms with E-state index in [4.69, 9.17) is 10.2 Å². The molecule has 2 amide bonds. The van der Waals surface area contributed by atoms with E-state index in [0.717, 1.165) is 21.7 Å². The lowest BCUT2D eigenvalue weighted by Gasteiger charge is -2.07. The third-order valence-corrected chi connectivity index (χ3v) is 4.48. The van der Waals surface area contributed by atoms with E-state index in [1.165, 1.54) is 0 Å². The summed E-state index contributed by atoms with van der Waals surface area (Å²) in [6.07, 6.45) is 0. The van der Waals surface area contributed by atoms with E-state index in [1.54, 1.807) is 24.3 Å². The first-order valence-corrected chi connectivity index (χ1v) is 8.17. The Morgan fingerprint density at radius 1 is 0.923 bits per heavy atom. The average Bonchev–Trinajstić information content (AvgIpc) is 2.99. The van der Waals surface area contributed by atoms with Gasteiger partial charge in [-0.2, -0.15) is 0 Å². The van der Waals surface area contributed by atoms with Crippen molar-refractivity contribution in [2.75, 3.05) is 5.32 Å². The van der Waals surface area contributed by atoms with Crippen molar-refractivity contribution in [3.8, 4) is 0 Å². The number of furan rings is 1. The average molecular weight is 344 g/mol. The van der Waals surface area contributed by atoms with Gasteiger partial charge in [-0.1, -0.05) is 48.5 Å². The fraction of sp³-hybridized carbons (Fsp3) is 0.0476. The molecule has 0 unspecified atom stereocenters. The third-order valence-electron chi connectivity index (χ3n) is 4.48. The van der Waals surface area contributed by atoms with Gasteiger partial charge in [0.25, 0.3) is 11.8 Å².